The Kier molecular flexibility index (Phi) is 4.87. The van der Waals surface area contributed by atoms with Gasteiger partial charge in [0.15, 0.2) is 0 Å². The molecular weight excluding hydrogens is 338 g/mol. The van der Waals surface area contributed by atoms with Crippen molar-refractivity contribution in [2.24, 2.45) is 0 Å². The molecule has 1 saturated heterocycles. The van der Waals surface area contributed by atoms with Crippen molar-refractivity contribution in [2.75, 3.05) is 36.4 Å². The Bertz CT molecular complexity index is 950. The third kappa shape index (κ3) is 3.84. The van der Waals surface area contributed by atoms with Crippen LogP contribution in [-0.4, -0.2) is 47.0 Å². The highest BCUT2D eigenvalue weighted by Gasteiger charge is 2.21. The van der Waals surface area contributed by atoms with Crippen LogP contribution >= 0.6 is 0 Å². The second kappa shape index (κ2) is 7.61. The Balaban J connectivity index is 1.47. The number of carbonyl (C=O) groups excluding carboxylic acids is 1. The summed E-state index contributed by atoms with van der Waals surface area (Å²) in [5.74, 6) is 1.97. The van der Waals surface area contributed by atoms with E-state index in [1.807, 2.05) is 41.4 Å². The number of carbonyl (C=O) groups is 1. The van der Waals surface area contributed by atoms with Crippen molar-refractivity contribution in [3.05, 3.63) is 60.3 Å². The highest BCUT2D eigenvalue weighted by atomic mass is 16.2. The van der Waals surface area contributed by atoms with Gasteiger partial charge in [0.2, 0.25) is 5.91 Å². The minimum atomic E-state index is 0.139. The lowest BCUT2D eigenvalue weighted by Gasteiger charge is -2.35. The fourth-order valence-electron chi connectivity index (χ4n) is 3.44. The number of nitrogens with zero attached hydrogens (tertiary/aromatic N) is 4. The first kappa shape index (κ1) is 17.3. The van der Waals surface area contributed by atoms with E-state index in [9.17, 15) is 4.79 Å². The molecule has 4 rings (SSSR count). The number of piperazine rings is 1. The number of aromatic nitrogens is 2. The van der Waals surface area contributed by atoms with Crippen LogP contribution in [0.2, 0.25) is 0 Å². The highest BCUT2D eigenvalue weighted by Crippen LogP contribution is 2.21. The number of anilines is 2. The van der Waals surface area contributed by atoms with Crippen molar-refractivity contribution in [3.8, 4) is 0 Å². The van der Waals surface area contributed by atoms with Crippen molar-refractivity contribution in [2.45, 2.75) is 13.5 Å². The fraction of sp³-hybridized carbons (Fsp3) is 0.286. The third-order valence-corrected chi connectivity index (χ3v) is 4.95. The lowest BCUT2D eigenvalue weighted by Crippen LogP contribution is -2.48. The number of benzene rings is 1. The van der Waals surface area contributed by atoms with Crippen LogP contribution in [0, 0.1) is 0 Å². The quantitative estimate of drug-likeness (QED) is 0.774. The van der Waals surface area contributed by atoms with Crippen LogP contribution < -0.4 is 10.2 Å². The molecule has 1 aliphatic rings. The smallest absolute Gasteiger partial charge is 0.219 e. The zero-order valence-corrected chi connectivity index (χ0v) is 15.4. The summed E-state index contributed by atoms with van der Waals surface area (Å²) >= 11 is 0. The van der Waals surface area contributed by atoms with Crippen molar-refractivity contribution < 1.29 is 4.79 Å². The van der Waals surface area contributed by atoms with Gasteiger partial charge in [0.25, 0.3) is 0 Å². The first-order valence-corrected chi connectivity index (χ1v) is 9.25. The lowest BCUT2D eigenvalue weighted by atomic mass is 10.2. The predicted octanol–water partition coefficient (Wildman–Crippen LogP) is 2.91. The van der Waals surface area contributed by atoms with Gasteiger partial charge in [-0.1, -0.05) is 24.3 Å². The van der Waals surface area contributed by atoms with Crippen molar-refractivity contribution >= 4 is 28.4 Å². The van der Waals surface area contributed by atoms with Crippen LogP contribution in [-0.2, 0) is 11.3 Å². The molecule has 3 heterocycles. The Morgan fingerprint density at radius 1 is 1.04 bits per heavy atom. The molecule has 0 atom stereocenters. The second-order valence-corrected chi connectivity index (χ2v) is 6.72. The summed E-state index contributed by atoms with van der Waals surface area (Å²) in [6.45, 7) is 5.37. The number of para-hydroxylation sites is 1. The summed E-state index contributed by atoms with van der Waals surface area (Å²) in [5, 5.41) is 4.55. The third-order valence-electron chi connectivity index (χ3n) is 4.95. The molecule has 1 N–H and O–H groups in total. The van der Waals surface area contributed by atoms with E-state index in [1.165, 1.54) is 0 Å². The van der Waals surface area contributed by atoms with E-state index in [-0.39, 0.29) is 5.91 Å². The van der Waals surface area contributed by atoms with Crippen molar-refractivity contribution in [3.63, 3.8) is 0 Å². The number of nitrogens with one attached hydrogen (secondary N) is 1. The minimum Gasteiger partial charge on any atom is -0.366 e. The molecule has 6 heteroatoms. The molecule has 0 bridgehead atoms. The standard InChI is InChI=1S/C21H23N5O/c1-16(27)25-11-13-26(14-12-25)21-18(6-4-10-22-21)15-23-20-9-8-17-5-2-3-7-19(17)24-20/h2-10H,11-15H2,1H3,(H,23,24). The molecule has 27 heavy (non-hydrogen) atoms. The molecule has 1 aliphatic heterocycles. The normalized spacial score (nSPS) is 14.4. The molecule has 0 unspecified atom stereocenters. The molecule has 6 nitrogen and oxygen atoms in total. The largest absolute Gasteiger partial charge is 0.366 e. The van der Waals surface area contributed by atoms with Gasteiger partial charge in [-0.25, -0.2) is 9.97 Å². The summed E-state index contributed by atoms with van der Waals surface area (Å²) in [4.78, 5) is 24.9. The Morgan fingerprint density at radius 3 is 2.67 bits per heavy atom. The van der Waals surface area contributed by atoms with Gasteiger partial charge in [0, 0.05) is 56.8 Å². The van der Waals surface area contributed by atoms with E-state index in [2.05, 4.69) is 38.4 Å². The predicted molar refractivity (Wildman–Crippen MR) is 108 cm³/mol. The Morgan fingerprint density at radius 2 is 1.85 bits per heavy atom. The molecule has 0 spiro atoms. The van der Waals surface area contributed by atoms with Crippen LogP contribution in [0.1, 0.15) is 12.5 Å². The number of hydrogen-bond donors (Lipinski definition) is 1. The van der Waals surface area contributed by atoms with E-state index < -0.39 is 0 Å². The number of pyridine rings is 2. The van der Waals surface area contributed by atoms with Crippen molar-refractivity contribution in [1.82, 2.24) is 14.9 Å². The molecule has 1 fully saturated rings. The summed E-state index contributed by atoms with van der Waals surface area (Å²) in [6, 6.07) is 16.2. The minimum absolute atomic E-state index is 0.139. The van der Waals surface area contributed by atoms with Gasteiger partial charge in [-0.2, -0.15) is 0 Å². The SMILES string of the molecule is CC(=O)N1CCN(c2ncccc2CNc2ccc3ccccc3n2)CC1. The van der Waals surface area contributed by atoms with Gasteiger partial charge in [0.05, 0.1) is 5.52 Å². The van der Waals surface area contributed by atoms with E-state index in [0.717, 1.165) is 54.3 Å². The average molecular weight is 361 g/mol. The summed E-state index contributed by atoms with van der Waals surface area (Å²) in [6.07, 6.45) is 1.82. The number of hydrogen-bond acceptors (Lipinski definition) is 5. The number of rotatable bonds is 4. The van der Waals surface area contributed by atoms with E-state index >= 15 is 0 Å². The fourth-order valence-corrected chi connectivity index (χ4v) is 3.44. The molecule has 0 aliphatic carbocycles. The zero-order chi connectivity index (χ0) is 18.6. The molecule has 1 aromatic carbocycles. The zero-order valence-electron chi connectivity index (χ0n) is 15.4. The molecule has 2 aromatic heterocycles. The summed E-state index contributed by atoms with van der Waals surface area (Å²) in [7, 11) is 0. The molecule has 0 radical (unpaired) electrons. The maximum atomic E-state index is 11.5. The van der Waals surface area contributed by atoms with E-state index in [1.54, 1.807) is 6.92 Å². The average Bonchev–Trinajstić information content (AvgIpc) is 2.72. The van der Waals surface area contributed by atoms with Crippen LogP contribution in [0.25, 0.3) is 10.9 Å². The second-order valence-electron chi connectivity index (χ2n) is 6.72. The monoisotopic (exact) mass is 361 g/mol. The van der Waals surface area contributed by atoms with Crippen molar-refractivity contribution in [1.29, 1.82) is 0 Å². The topological polar surface area (TPSA) is 61.4 Å². The summed E-state index contributed by atoms with van der Waals surface area (Å²) in [5.41, 5.74) is 2.11. The maximum absolute atomic E-state index is 11.5. The first-order valence-electron chi connectivity index (χ1n) is 9.25. The van der Waals surface area contributed by atoms with Crippen LogP contribution in [0.4, 0.5) is 11.6 Å². The maximum Gasteiger partial charge on any atom is 0.219 e. The van der Waals surface area contributed by atoms with Gasteiger partial charge < -0.3 is 15.1 Å². The van der Waals surface area contributed by atoms with Gasteiger partial charge in [0.1, 0.15) is 11.6 Å². The Labute approximate surface area is 158 Å². The van der Waals surface area contributed by atoms with Gasteiger partial charge in [-0.3, -0.25) is 4.79 Å². The van der Waals surface area contributed by atoms with Crippen LogP contribution in [0.15, 0.2) is 54.7 Å². The van der Waals surface area contributed by atoms with Crippen LogP contribution in [0.5, 0.6) is 0 Å². The number of fused-ring (bicyclic) bond motifs is 1. The van der Waals surface area contributed by atoms with Gasteiger partial charge >= 0.3 is 0 Å². The molecule has 3 aromatic rings. The van der Waals surface area contributed by atoms with E-state index in [0.29, 0.717) is 6.54 Å². The van der Waals surface area contributed by atoms with Crippen LogP contribution in [0.3, 0.4) is 0 Å². The molecule has 0 saturated carbocycles. The molecule has 138 valence electrons. The van der Waals surface area contributed by atoms with E-state index in [4.69, 9.17) is 0 Å². The summed E-state index contributed by atoms with van der Waals surface area (Å²) < 4.78 is 0. The Hall–Kier alpha value is -3.15. The molecule has 1 amide bonds. The molecular formula is C21H23N5O. The highest BCUT2D eigenvalue weighted by molar-refractivity contribution is 5.80. The lowest BCUT2D eigenvalue weighted by molar-refractivity contribution is -0.129. The van der Waals surface area contributed by atoms with Gasteiger partial charge in [-0.05, 0) is 24.3 Å². The van der Waals surface area contributed by atoms with Gasteiger partial charge in [-0.15, -0.1) is 0 Å². The first-order chi connectivity index (χ1) is 13.2. The number of amides is 1.